The van der Waals surface area contributed by atoms with Gasteiger partial charge in [-0.15, -0.1) is 0 Å². The summed E-state index contributed by atoms with van der Waals surface area (Å²) in [5.41, 5.74) is 0.166. The molecule has 0 aromatic heterocycles. The predicted octanol–water partition coefficient (Wildman–Crippen LogP) is 3.64. The molecule has 0 aromatic carbocycles. The molecule has 126 valence electrons. The summed E-state index contributed by atoms with van der Waals surface area (Å²) in [5.74, 6) is 2.85. The van der Waals surface area contributed by atoms with Crippen LogP contribution in [0.2, 0.25) is 0 Å². The molecule has 0 aliphatic heterocycles. The molecular formula is C17H35NO2S. The molecule has 1 aliphatic rings. The second-order valence-corrected chi connectivity index (χ2v) is 10.4. The molecule has 1 fully saturated rings. The minimum Gasteiger partial charge on any atom is -0.312 e. The molecule has 3 unspecified atom stereocenters. The van der Waals surface area contributed by atoms with Gasteiger partial charge in [-0.05, 0) is 70.8 Å². The van der Waals surface area contributed by atoms with Gasteiger partial charge >= 0.3 is 0 Å². The van der Waals surface area contributed by atoms with Crippen molar-refractivity contribution in [2.45, 2.75) is 72.3 Å². The zero-order chi connectivity index (χ0) is 16.1. The Balaban J connectivity index is 2.49. The van der Waals surface area contributed by atoms with Crippen molar-refractivity contribution in [2.75, 3.05) is 18.1 Å². The van der Waals surface area contributed by atoms with Crippen LogP contribution in [0, 0.1) is 17.8 Å². The summed E-state index contributed by atoms with van der Waals surface area (Å²) in [7, 11) is -2.80. The highest BCUT2D eigenvalue weighted by atomic mass is 32.2. The number of rotatable bonds is 7. The van der Waals surface area contributed by atoms with E-state index in [2.05, 4.69) is 33.0 Å². The van der Waals surface area contributed by atoms with Gasteiger partial charge < -0.3 is 5.32 Å². The smallest absolute Gasteiger partial charge is 0.150 e. The summed E-state index contributed by atoms with van der Waals surface area (Å²) in [6.07, 6.45) is 5.78. The summed E-state index contributed by atoms with van der Waals surface area (Å²) in [5, 5.41) is 3.64. The van der Waals surface area contributed by atoms with E-state index in [1.165, 1.54) is 19.3 Å². The summed E-state index contributed by atoms with van der Waals surface area (Å²) < 4.78 is 23.3. The number of nitrogens with one attached hydrogen (secondary N) is 1. The van der Waals surface area contributed by atoms with Crippen LogP contribution in [0.3, 0.4) is 0 Å². The molecule has 1 saturated carbocycles. The van der Waals surface area contributed by atoms with Gasteiger partial charge in [0.2, 0.25) is 0 Å². The van der Waals surface area contributed by atoms with Gasteiger partial charge in [-0.25, -0.2) is 8.42 Å². The second kappa shape index (κ2) is 7.96. The molecular weight excluding hydrogens is 282 g/mol. The minimum absolute atomic E-state index is 0.166. The van der Waals surface area contributed by atoms with E-state index in [1.54, 1.807) is 6.92 Å². The average Bonchev–Trinajstić information content (AvgIpc) is 2.36. The molecule has 21 heavy (non-hydrogen) atoms. The van der Waals surface area contributed by atoms with E-state index in [1.807, 2.05) is 0 Å². The summed E-state index contributed by atoms with van der Waals surface area (Å²) >= 11 is 0. The van der Waals surface area contributed by atoms with Crippen LogP contribution >= 0.6 is 0 Å². The van der Waals surface area contributed by atoms with Crippen LogP contribution in [0.25, 0.3) is 0 Å². The van der Waals surface area contributed by atoms with Gasteiger partial charge in [0.1, 0.15) is 9.84 Å². The molecule has 0 bridgehead atoms. The van der Waals surface area contributed by atoms with Crippen LogP contribution < -0.4 is 5.32 Å². The Bertz CT molecular complexity index is 398. The molecule has 0 amide bonds. The maximum absolute atomic E-state index is 11.6. The molecule has 0 saturated heterocycles. The largest absolute Gasteiger partial charge is 0.312 e. The highest BCUT2D eigenvalue weighted by molar-refractivity contribution is 7.91. The second-order valence-electron chi connectivity index (χ2n) is 7.95. The van der Waals surface area contributed by atoms with E-state index in [0.29, 0.717) is 17.6 Å². The molecule has 1 aliphatic carbocycles. The fraction of sp³-hybridized carbons (Fsp3) is 1.00. The Morgan fingerprint density at radius 1 is 1.14 bits per heavy atom. The lowest BCUT2D eigenvalue weighted by Crippen LogP contribution is -2.42. The van der Waals surface area contributed by atoms with Gasteiger partial charge in [0.05, 0.1) is 5.75 Å². The lowest BCUT2D eigenvalue weighted by atomic mass is 9.72. The van der Waals surface area contributed by atoms with Crippen LogP contribution in [0.1, 0.15) is 66.7 Å². The van der Waals surface area contributed by atoms with Crippen molar-refractivity contribution in [2.24, 2.45) is 17.8 Å². The van der Waals surface area contributed by atoms with Gasteiger partial charge in [0, 0.05) is 11.3 Å². The third-order valence-electron chi connectivity index (χ3n) is 4.77. The third-order valence-corrected chi connectivity index (χ3v) is 6.56. The van der Waals surface area contributed by atoms with Crippen LogP contribution in [0.4, 0.5) is 0 Å². The number of hydrogen-bond donors (Lipinski definition) is 1. The van der Waals surface area contributed by atoms with E-state index < -0.39 is 9.84 Å². The molecule has 0 aromatic rings. The Hall–Kier alpha value is -0.0900. The maximum Gasteiger partial charge on any atom is 0.150 e. The van der Waals surface area contributed by atoms with Crippen LogP contribution in [0.15, 0.2) is 0 Å². The van der Waals surface area contributed by atoms with Crippen molar-refractivity contribution in [3.8, 4) is 0 Å². The first kappa shape index (κ1) is 19.0. The van der Waals surface area contributed by atoms with E-state index in [9.17, 15) is 8.42 Å². The quantitative estimate of drug-likeness (QED) is 0.780. The van der Waals surface area contributed by atoms with Crippen LogP contribution in [-0.2, 0) is 9.84 Å². The minimum atomic E-state index is -2.80. The van der Waals surface area contributed by atoms with Gasteiger partial charge in [0.15, 0.2) is 0 Å². The van der Waals surface area contributed by atoms with Crippen molar-refractivity contribution in [1.29, 1.82) is 0 Å². The van der Waals surface area contributed by atoms with Crippen molar-refractivity contribution >= 4 is 9.84 Å². The Kier molecular flexibility index (Phi) is 7.18. The number of hydrogen-bond acceptors (Lipinski definition) is 3. The van der Waals surface area contributed by atoms with Crippen LogP contribution in [0.5, 0.6) is 0 Å². The zero-order valence-electron chi connectivity index (χ0n) is 14.6. The molecule has 3 atom stereocenters. The Morgan fingerprint density at radius 2 is 1.81 bits per heavy atom. The summed E-state index contributed by atoms with van der Waals surface area (Å²) in [4.78, 5) is 0. The zero-order valence-corrected chi connectivity index (χ0v) is 15.4. The molecule has 0 spiro atoms. The maximum atomic E-state index is 11.6. The molecule has 0 heterocycles. The van der Waals surface area contributed by atoms with E-state index in [-0.39, 0.29) is 11.3 Å². The first-order valence-corrected chi connectivity index (χ1v) is 10.4. The van der Waals surface area contributed by atoms with Gasteiger partial charge in [-0.1, -0.05) is 20.3 Å². The first-order valence-electron chi connectivity index (χ1n) is 8.58. The van der Waals surface area contributed by atoms with E-state index in [0.717, 1.165) is 25.3 Å². The summed E-state index contributed by atoms with van der Waals surface area (Å²) in [6, 6.07) is 0. The fourth-order valence-corrected chi connectivity index (χ4v) is 4.23. The lowest BCUT2D eigenvalue weighted by molar-refractivity contribution is 0.165. The topological polar surface area (TPSA) is 46.2 Å². The van der Waals surface area contributed by atoms with Gasteiger partial charge in [-0.3, -0.25) is 0 Å². The van der Waals surface area contributed by atoms with E-state index in [4.69, 9.17) is 0 Å². The summed E-state index contributed by atoms with van der Waals surface area (Å²) in [6.45, 7) is 11.8. The van der Waals surface area contributed by atoms with Crippen molar-refractivity contribution in [3.63, 3.8) is 0 Å². The third kappa shape index (κ3) is 7.64. The average molecular weight is 318 g/mol. The van der Waals surface area contributed by atoms with Gasteiger partial charge in [-0.2, -0.15) is 0 Å². The predicted molar refractivity (Wildman–Crippen MR) is 91.3 cm³/mol. The van der Waals surface area contributed by atoms with E-state index >= 15 is 0 Å². The van der Waals surface area contributed by atoms with Crippen molar-refractivity contribution in [3.05, 3.63) is 0 Å². The monoisotopic (exact) mass is 317 g/mol. The fourth-order valence-electron chi connectivity index (χ4n) is 3.33. The lowest BCUT2D eigenvalue weighted by Gasteiger charge is -2.37. The SMILES string of the molecule is CCS(=O)(=O)CCCC1CC(C)CCC1CNC(C)(C)C. The molecule has 1 N–H and O–H groups in total. The Morgan fingerprint density at radius 3 is 2.38 bits per heavy atom. The van der Waals surface area contributed by atoms with Crippen molar-refractivity contribution in [1.82, 2.24) is 5.32 Å². The number of sulfone groups is 1. The first-order chi connectivity index (χ1) is 9.63. The Labute approximate surface area is 132 Å². The molecule has 1 rings (SSSR count). The highest BCUT2D eigenvalue weighted by Crippen LogP contribution is 2.36. The molecule has 0 radical (unpaired) electrons. The van der Waals surface area contributed by atoms with Gasteiger partial charge in [0.25, 0.3) is 0 Å². The van der Waals surface area contributed by atoms with Crippen molar-refractivity contribution < 1.29 is 8.42 Å². The highest BCUT2D eigenvalue weighted by Gasteiger charge is 2.29. The molecule has 4 heteroatoms. The standard InChI is InChI=1S/C17H35NO2S/c1-6-21(19,20)11-7-8-15-12-14(2)9-10-16(15)13-18-17(3,4)5/h14-16,18H,6-13H2,1-5H3. The van der Waals surface area contributed by atoms with Crippen LogP contribution in [-0.4, -0.2) is 32.0 Å². The normalized spacial score (nSPS) is 27.8. The molecule has 3 nitrogen and oxygen atoms in total.